The average molecular weight is 557 g/mol. The van der Waals surface area contributed by atoms with Gasteiger partial charge in [0.25, 0.3) is 0 Å². The lowest BCUT2D eigenvalue weighted by Crippen LogP contribution is -1.93. The van der Waals surface area contributed by atoms with Crippen LogP contribution in [0.15, 0.2) is 170 Å². The maximum Gasteiger partial charge on any atom is -0.00141 e. The SMILES string of the molecule is c1cc(-c2cc3ccccc3c3ccccc23)cc(-c2c(-c3cccc4ccccc34)c3ccccc3c3ccccc23)c1. The van der Waals surface area contributed by atoms with Crippen molar-refractivity contribution in [3.8, 4) is 33.4 Å². The van der Waals surface area contributed by atoms with Gasteiger partial charge in [0.1, 0.15) is 0 Å². The van der Waals surface area contributed by atoms with Crippen molar-refractivity contribution in [1.82, 2.24) is 0 Å². The monoisotopic (exact) mass is 556 g/mol. The zero-order valence-electron chi connectivity index (χ0n) is 24.2. The van der Waals surface area contributed by atoms with Crippen molar-refractivity contribution in [2.75, 3.05) is 0 Å². The van der Waals surface area contributed by atoms with Crippen molar-refractivity contribution >= 4 is 53.9 Å². The largest absolute Gasteiger partial charge is 0.0616 e. The van der Waals surface area contributed by atoms with E-state index in [4.69, 9.17) is 0 Å². The number of rotatable bonds is 3. The van der Waals surface area contributed by atoms with Crippen molar-refractivity contribution in [1.29, 1.82) is 0 Å². The molecule has 0 radical (unpaired) electrons. The molecule has 0 N–H and O–H groups in total. The van der Waals surface area contributed by atoms with Crippen LogP contribution in [0.4, 0.5) is 0 Å². The Morgan fingerprint density at radius 1 is 0.227 bits per heavy atom. The highest BCUT2D eigenvalue weighted by Gasteiger charge is 2.19. The van der Waals surface area contributed by atoms with E-state index in [1.165, 1.54) is 87.2 Å². The molecule has 0 aromatic heterocycles. The lowest BCUT2D eigenvalue weighted by atomic mass is 9.83. The molecule has 0 bridgehead atoms. The molecular formula is C44H28. The van der Waals surface area contributed by atoms with Crippen LogP contribution in [0.25, 0.3) is 87.2 Å². The van der Waals surface area contributed by atoms with Crippen LogP contribution < -0.4 is 0 Å². The third-order valence-electron chi connectivity index (χ3n) is 9.22. The van der Waals surface area contributed by atoms with Gasteiger partial charge in [0.05, 0.1) is 0 Å². The molecule has 0 aliphatic heterocycles. The van der Waals surface area contributed by atoms with Gasteiger partial charge in [-0.3, -0.25) is 0 Å². The molecule has 0 heterocycles. The molecule has 204 valence electrons. The number of hydrogen-bond donors (Lipinski definition) is 0. The summed E-state index contributed by atoms with van der Waals surface area (Å²) in [5.74, 6) is 0. The third-order valence-corrected chi connectivity index (χ3v) is 9.22. The van der Waals surface area contributed by atoms with Gasteiger partial charge in [-0.1, -0.05) is 158 Å². The molecule has 0 unspecified atom stereocenters. The second-order valence-corrected chi connectivity index (χ2v) is 11.6. The lowest BCUT2D eigenvalue weighted by Gasteiger charge is -2.20. The minimum Gasteiger partial charge on any atom is -0.0616 e. The topological polar surface area (TPSA) is 0 Å². The maximum absolute atomic E-state index is 2.40. The second-order valence-electron chi connectivity index (χ2n) is 11.6. The number of benzene rings is 9. The normalized spacial score (nSPS) is 11.6. The van der Waals surface area contributed by atoms with Gasteiger partial charge in [0.2, 0.25) is 0 Å². The van der Waals surface area contributed by atoms with E-state index in [0.29, 0.717) is 0 Å². The average Bonchev–Trinajstić information content (AvgIpc) is 3.10. The highest BCUT2D eigenvalue weighted by atomic mass is 14.2. The molecule has 0 fully saturated rings. The van der Waals surface area contributed by atoms with Crippen LogP contribution in [0.5, 0.6) is 0 Å². The summed E-state index contributed by atoms with van der Waals surface area (Å²) >= 11 is 0. The molecule has 9 aromatic rings. The fourth-order valence-electron chi connectivity index (χ4n) is 7.30. The quantitative estimate of drug-likeness (QED) is 0.190. The molecule has 0 spiro atoms. The zero-order valence-corrected chi connectivity index (χ0v) is 24.2. The van der Waals surface area contributed by atoms with E-state index in [1.54, 1.807) is 0 Å². The molecule has 0 amide bonds. The van der Waals surface area contributed by atoms with Crippen LogP contribution in [-0.2, 0) is 0 Å². The Labute approximate surface area is 256 Å². The predicted molar refractivity (Wildman–Crippen MR) is 190 cm³/mol. The predicted octanol–water partition coefficient (Wildman–Crippen LogP) is 12.5. The minimum atomic E-state index is 1.23. The van der Waals surface area contributed by atoms with Gasteiger partial charge in [-0.2, -0.15) is 0 Å². The lowest BCUT2D eigenvalue weighted by molar-refractivity contribution is 1.63. The summed E-state index contributed by atoms with van der Waals surface area (Å²) in [6, 6.07) is 62.4. The van der Waals surface area contributed by atoms with Gasteiger partial charge in [0.15, 0.2) is 0 Å². The minimum absolute atomic E-state index is 1.23. The van der Waals surface area contributed by atoms with E-state index in [-0.39, 0.29) is 0 Å². The molecule has 0 heteroatoms. The first-order valence-corrected chi connectivity index (χ1v) is 15.3. The fraction of sp³-hybridized carbons (Fsp3) is 0. The molecule has 0 nitrogen and oxygen atoms in total. The molecule has 9 aromatic carbocycles. The zero-order chi connectivity index (χ0) is 29.0. The van der Waals surface area contributed by atoms with Crippen LogP contribution in [0.1, 0.15) is 0 Å². The smallest absolute Gasteiger partial charge is 0.00141 e. The highest BCUT2D eigenvalue weighted by molar-refractivity contribution is 6.23. The molecular weight excluding hydrogens is 528 g/mol. The van der Waals surface area contributed by atoms with E-state index in [2.05, 4.69) is 170 Å². The van der Waals surface area contributed by atoms with Gasteiger partial charge in [0, 0.05) is 0 Å². The molecule has 0 atom stereocenters. The van der Waals surface area contributed by atoms with Gasteiger partial charge in [-0.25, -0.2) is 0 Å². The molecule has 44 heavy (non-hydrogen) atoms. The Balaban J connectivity index is 1.40. The summed E-state index contributed by atoms with van der Waals surface area (Å²) in [7, 11) is 0. The van der Waals surface area contributed by atoms with Gasteiger partial charge < -0.3 is 0 Å². The van der Waals surface area contributed by atoms with Crippen molar-refractivity contribution in [2.24, 2.45) is 0 Å². The van der Waals surface area contributed by atoms with Crippen molar-refractivity contribution in [3.63, 3.8) is 0 Å². The fourth-order valence-corrected chi connectivity index (χ4v) is 7.30. The first-order valence-electron chi connectivity index (χ1n) is 15.3. The van der Waals surface area contributed by atoms with E-state index in [0.717, 1.165) is 0 Å². The Morgan fingerprint density at radius 2 is 0.705 bits per heavy atom. The van der Waals surface area contributed by atoms with E-state index in [1.807, 2.05) is 0 Å². The molecule has 0 aliphatic rings. The first-order chi connectivity index (χ1) is 21.8. The summed E-state index contributed by atoms with van der Waals surface area (Å²) in [5.41, 5.74) is 7.55. The molecule has 0 saturated heterocycles. The Kier molecular flexibility index (Phi) is 5.61. The van der Waals surface area contributed by atoms with Crippen LogP contribution in [0, 0.1) is 0 Å². The molecule has 0 aliphatic carbocycles. The van der Waals surface area contributed by atoms with Gasteiger partial charge in [-0.15, -0.1) is 0 Å². The van der Waals surface area contributed by atoms with E-state index < -0.39 is 0 Å². The second kappa shape index (κ2) is 9.93. The summed E-state index contributed by atoms with van der Waals surface area (Å²) < 4.78 is 0. The van der Waals surface area contributed by atoms with Crippen molar-refractivity contribution in [2.45, 2.75) is 0 Å². The molecule has 0 saturated carbocycles. The highest BCUT2D eigenvalue weighted by Crippen LogP contribution is 2.47. The van der Waals surface area contributed by atoms with Crippen molar-refractivity contribution < 1.29 is 0 Å². The van der Waals surface area contributed by atoms with Crippen LogP contribution in [-0.4, -0.2) is 0 Å². The van der Waals surface area contributed by atoms with Crippen molar-refractivity contribution in [3.05, 3.63) is 170 Å². The first kappa shape index (κ1) is 24.8. The standard InChI is InChI=1S/C44H28/c1-3-18-33-29(13-1)15-12-26-39(33)44-41-25-10-8-22-37(41)36-21-7-9-24-40(36)43(44)32-17-11-16-30(27-32)42-28-31-14-2-4-19-34(31)35-20-5-6-23-38(35)42/h1-28H. The maximum atomic E-state index is 2.40. The van der Waals surface area contributed by atoms with E-state index in [9.17, 15) is 0 Å². The third kappa shape index (κ3) is 3.78. The summed E-state index contributed by atoms with van der Waals surface area (Å²) in [6.07, 6.45) is 0. The Hall–Kier alpha value is -5.72. The number of fused-ring (bicyclic) bond motifs is 7. The van der Waals surface area contributed by atoms with Gasteiger partial charge >= 0.3 is 0 Å². The van der Waals surface area contributed by atoms with Crippen LogP contribution >= 0.6 is 0 Å². The van der Waals surface area contributed by atoms with Crippen LogP contribution in [0.2, 0.25) is 0 Å². The number of hydrogen-bond acceptors (Lipinski definition) is 0. The molecule has 9 rings (SSSR count). The van der Waals surface area contributed by atoms with E-state index >= 15 is 0 Å². The summed E-state index contributed by atoms with van der Waals surface area (Å²) in [6.45, 7) is 0. The summed E-state index contributed by atoms with van der Waals surface area (Å²) in [4.78, 5) is 0. The van der Waals surface area contributed by atoms with Crippen LogP contribution in [0.3, 0.4) is 0 Å². The Morgan fingerprint density at radius 3 is 1.43 bits per heavy atom. The summed E-state index contributed by atoms with van der Waals surface area (Å²) in [5, 5.41) is 12.8. The Bertz CT molecular complexity index is 2550. The van der Waals surface area contributed by atoms with Gasteiger partial charge in [-0.05, 0) is 99.4 Å².